The van der Waals surface area contributed by atoms with Crippen LogP contribution in [0.3, 0.4) is 0 Å². The van der Waals surface area contributed by atoms with Crippen molar-refractivity contribution >= 4 is 22.7 Å². The lowest BCUT2D eigenvalue weighted by atomic mass is 10.1. The molecule has 0 amide bonds. The Morgan fingerprint density at radius 1 is 1.10 bits per heavy atom. The van der Waals surface area contributed by atoms with E-state index >= 15 is 0 Å². The van der Waals surface area contributed by atoms with E-state index in [2.05, 4.69) is 18.2 Å². The summed E-state index contributed by atoms with van der Waals surface area (Å²) in [7, 11) is 0. The number of para-hydroxylation sites is 2. The second kappa shape index (κ2) is 5.09. The summed E-state index contributed by atoms with van der Waals surface area (Å²) in [5.41, 5.74) is 13.3. The number of benzene rings is 2. The molecule has 0 aliphatic heterocycles. The summed E-state index contributed by atoms with van der Waals surface area (Å²) >= 11 is 0. The number of terminal acetylenes is 1. The summed E-state index contributed by atoms with van der Waals surface area (Å²) in [6.45, 7) is 3.65. The Morgan fingerprint density at radius 3 is 2.52 bits per heavy atom. The fraction of sp³-hybridized carbons (Fsp3) is 0. The average Bonchev–Trinajstić information content (AvgIpc) is 2.84. The van der Waals surface area contributed by atoms with Crippen LogP contribution in [-0.4, -0.2) is 4.57 Å². The maximum atomic E-state index is 6.19. The highest BCUT2D eigenvalue weighted by Gasteiger charge is 2.16. The topological polar surface area (TPSA) is 30.9 Å². The van der Waals surface area contributed by atoms with Crippen molar-refractivity contribution in [1.29, 1.82) is 0 Å². The fourth-order valence-electron chi connectivity index (χ4n) is 2.61. The molecule has 0 aliphatic rings. The second-order valence-electron chi connectivity index (χ2n) is 4.67. The minimum Gasteiger partial charge on any atom is -0.397 e. The smallest absolute Gasteiger partial charge is 0.105 e. The molecular formula is C19H14N2. The first-order chi connectivity index (χ1) is 10.3. The van der Waals surface area contributed by atoms with Gasteiger partial charge in [0, 0.05) is 16.6 Å². The number of anilines is 1. The zero-order valence-electron chi connectivity index (χ0n) is 11.5. The molecule has 2 N–H and O–H groups in total. The lowest BCUT2D eigenvalue weighted by Crippen LogP contribution is -1.99. The van der Waals surface area contributed by atoms with E-state index in [1.807, 2.05) is 53.1 Å². The summed E-state index contributed by atoms with van der Waals surface area (Å²) in [4.78, 5) is 0. The molecular weight excluding hydrogens is 256 g/mol. The van der Waals surface area contributed by atoms with Gasteiger partial charge in [-0.3, -0.25) is 4.57 Å². The summed E-state index contributed by atoms with van der Waals surface area (Å²) in [5.74, 6) is 2.77. The van der Waals surface area contributed by atoms with E-state index < -0.39 is 0 Å². The first-order valence-corrected chi connectivity index (χ1v) is 6.58. The zero-order valence-corrected chi connectivity index (χ0v) is 11.5. The van der Waals surface area contributed by atoms with Crippen LogP contribution in [-0.2, 0) is 0 Å². The highest BCUT2D eigenvalue weighted by molar-refractivity contribution is 6.00. The number of rotatable bonds is 2. The second-order valence-corrected chi connectivity index (χ2v) is 4.67. The largest absolute Gasteiger partial charge is 0.397 e. The zero-order chi connectivity index (χ0) is 14.8. The quantitative estimate of drug-likeness (QED) is 0.426. The number of aromatic nitrogens is 1. The molecule has 1 aromatic heterocycles. The van der Waals surface area contributed by atoms with Crippen LogP contribution in [0.2, 0.25) is 0 Å². The summed E-state index contributed by atoms with van der Waals surface area (Å²) in [6.07, 6.45) is 7.56. The van der Waals surface area contributed by atoms with E-state index in [0.717, 1.165) is 27.8 Å². The molecule has 0 radical (unpaired) electrons. The van der Waals surface area contributed by atoms with Crippen molar-refractivity contribution in [3.05, 3.63) is 72.1 Å². The molecule has 0 atom stereocenters. The third kappa shape index (κ3) is 1.94. The van der Waals surface area contributed by atoms with Crippen molar-refractivity contribution in [2.24, 2.45) is 0 Å². The molecule has 100 valence electrons. The van der Waals surface area contributed by atoms with Gasteiger partial charge in [-0.1, -0.05) is 42.8 Å². The third-order valence-electron chi connectivity index (χ3n) is 3.46. The highest BCUT2D eigenvalue weighted by atomic mass is 15.0. The molecule has 21 heavy (non-hydrogen) atoms. The van der Waals surface area contributed by atoms with Crippen LogP contribution in [0.1, 0.15) is 11.3 Å². The number of nitrogen functional groups attached to an aromatic ring is 1. The van der Waals surface area contributed by atoms with E-state index in [4.69, 9.17) is 12.2 Å². The van der Waals surface area contributed by atoms with Crippen LogP contribution in [0.4, 0.5) is 5.69 Å². The van der Waals surface area contributed by atoms with E-state index in [1.165, 1.54) is 0 Å². The summed E-state index contributed by atoms with van der Waals surface area (Å²) < 4.78 is 2.01. The SMILES string of the molecule is C#Cc1c(C=C=C)c2cccc(N)c2n1-c1ccccc1. The van der Waals surface area contributed by atoms with Crippen LogP contribution in [0.15, 0.2) is 60.8 Å². The van der Waals surface area contributed by atoms with Crippen LogP contribution < -0.4 is 5.73 Å². The van der Waals surface area contributed by atoms with Crippen LogP contribution in [0.25, 0.3) is 22.7 Å². The van der Waals surface area contributed by atoms with Gasteiger partial charge in [-0.2, -0.15) is 0 Å². The van der Waals surface area contributed by atoms with Crippen LogP contribution in [0.5, 0.6) is 0 Å². The van der Waals surface area contributed by atoms with Crippen molar-refractivity contribution < 1.29 is 0 Å². The van der Waals surface area contributed by atoms with E-state index in [0.29, 0.717) is 5.69 Å². The van der Waals surface area contributed by atoms with E-state index in [9.17, 15) is 0 Å². The number of hydrogen-bond donors (Lipinski definition) is 1. The summed E-state index contributed by atoms with van der Waals surface area (Å²) in [6, 6.07) is 15.8. The van der Waals surface area contributed by atoms with Crippen molar-refractivity contribution in [1.82, 2.24) is 4.57 Å². The maximum absolute atomic E-state index is 6.19. The van der Waals surface area contributed by atoms with E-state index in [1.54, 1.807) is 6.08 Å². The minimum absolute atomic E-state index is 0.691. The Balaban J connectivity index is 2.54. The number of nitrogens with zero attached hydrogens (tertiary/aromatic N) is 1. The van der Waals surface area contributed by atoms with Gasteiger partial charge < -0.3 is 5.73 Å². The average molecular weight is 270 g/mol. The van der Waals surface area contributed by atoms with Crippen LogP contribution >= 0.6 is 0 Å². The molecule has 0 saturated carbocycles. The number of fused-ring (bicyclic) bond motifs is 1. The van der Waals surface area contributed by atoms with Gasteiger partial charge in [-0.05, 0) is 24.3 Å². The monoisotopic (exact) mass is 270 g/mol. The highest BCUT2D eigenvalue weighted by Crippen LogP contribution is 2.33. The van der Waals surface area contributed by atoms with Gasteiger partial charge in [-0.25, -0.2) is 0 Å². The van der Waals surface area contributed by atoms with E-state index in [-0.39, 0.29) is 0 Å². The first-order valence-electron chi connectivity index (χ1n) is 6.58. The maximum Gasteiger partial charge on any atom is 0.105 e. The van der Waals surface area contributed by atoms with Gasteiger partial charge in [0.1, 0.15) is 5.69 Å². The van der Waals surface area contributed by atoms with Crippen molar-refractivity contribution in [2.45, 2.75) is 0 Å². The lowest BCUT2D eigenvalue weighted by Gasteiger charge is -2.09. The van der Waals surface area contributed by atoms with Gasteiger partial charge in [0.2, 0.25) is 0 Å². The molecule has 2 heteroatoms. The van der Waals surface area contributed by atoms with Gasteiger partial charge in [0.05, 0.1) is 11.2 Å². The lowest BCUT2D eigenvalue weighted by molar-refractivity contribution is 1.10. The fourth-order valence-corrected chi connectivity index (χ4v) is 2.61. The van der Waals surface area contributed by atoms with Gasteiger partial charge in [0.25, 0.3) is 0 Å². The Morgan fingerprint density at radius 2 is 1.86 bits per heavy atom. The predicted octanol–water partition coefficient (Wildman–Crippen LogP) is 3.99. The van der Waals surface area contributed by atoms with Crippen molar-refractivity contribution in [2.75, 3.05) is 5.73 Å². The molecule has 3 aromatic rings. The molecule has 2 nitrogen and oxygen atoms in total. The summed E-state index contributed by atoms with van der Waals surface area (Å²) in [5, 5.41) is 1.00. The van der Waals surface area contributed by atoms with Gasteiger partial charge in [0.15, 0.2) is 0 Å². The van der Waals surface area contributed by atoms with Crippen LogP contribution in [0, 0.1) is 12.3 Å². The molecule has 2 aromatic carbocycles. The standard InChI is InChI=1S/C19H14N2/c1-3-9-15-16-12-8-13-17(20)19(16)21(18(15)4-2)14-10-6-5-7-11-14/h2,5-13H,1,20H2. The molecule has 3 rings (SSSR count). The first kappa shape index (κ1) is 12.9. The molecule has 1 heterocycles. The Labute approximate surface area is 123 Å². The van der Waals surface area contributed by atoms with Crippen molar-refractivity contribution in [3.63, 3.8) is 0 Å². The Kier molecular flexibility index (Phi) is 3.12. The molecule has 0 fully saturated rings. The molecule has 0 aliphatic carbocycles. The van der Waals surface area contributed by atoms with Crippen molar-refractivity contribution in [3.8, 4) is 18.0 Å². The Bertz CT molecular complexity index is 902. The Hall–Kier alpha value is -3.14. The number of hydrogen-bond acceptors (Lipinski definition) is 1. The van der Waals surface area contributed by atoms with Gasteiger partial charge >= 0.3 is 0 Å². The normalized spacial score (nSPS) is 10.0. The molecule has 0 saturated heterocycles. The third-order valence-corrected chi connectivity index (χ3v) is 3.46. The van der Waals surface area contributed by atoms with Gasteiger partial charge in [-0.15, -0.1) is 12.2 Å². The molecule has 0 spiro atoms. The predicted molar refractivity (Wildman–Crippen MR) is 89.2 cm³/mol. The molecule has 0 unspecified atom stereocenters. The number of nitrogens with two attached hydrogens (primary N) is 1. The molecule has 0 bridgehead atoms. The minimum atomic E-state index is 0.691.